The second-order valence-electron chi connectivity index (χ2n) is 14.0. The quantitative estimate of drug-likeness (QED) is 0.0936. The van der Waals surface area contributed by atoms with Crippen LogP contribution in [0, 0.1) is 42.5 Å². The van der Waals surface area contributed by atoms with Gasteiger partial charge < -0.3 is 14.9 Å². The number of aliphatic carboxylic acids is 1. The molecule has 0 spiro atoms. The Kier molecular flexibility index (Phi) is 10.1. The summed E-state index contributed by atoms with van der Waals surface area (Å²) in [4.78, 5) is 53.8. The minimum Gasteiger partial charge on any atom is -0.503 e. The zero-order valence-electron chi connectivity index (χ0n) is 29.7. The number of carbonyl (C=O) groups excluding carboxylic acids is 3. The van der Waals surface area contributed by atoms with E-state index in [9.17, 15) is 33.8 Å². The second kappa shape index (κ2) is 14.2. The van der Waals surface area contributed by atoms with E-state index in [1.54, 1.807) is 0 Å². The van der Waals surface area contributed by atoms with Crippen molar-refractivity contribution in [1.82, 2.24) is 9.13 Å². The van der Waals surface area contributed by atoms with Crippen molar-refractivity contribution in [2.45, 2.75) is 47.0 Å². The van der Waals surface area contributed by atoms with Crippen LogP contribution in [0.3, 0.4) is 0 Å². The number of hydrogen-bond donors (Lipinski definition) is 2. The number of aromatic hydroxyl groups is 1. The van der Waals surface area contributed by atoms with Gasteiger partial charge in [0.1, 0.15) is 0 Å². The molecule has 2 heterocycles. The number of benzene rings is 4. The molecule has 4 aromatic carbocycles. The highest BCUT2D eigenvalue weighted by atomic mass is 35.5. The van der Waals surface area contributed by atoms with Crippen molar-refractivity contribution >= 4 is 68.8 Å². The van der Waals surface area contributed by atoms with Crippen LogP contribution < -0.4 is 4.74 Å². The number of carboxylic acids is 1. The summed E-state index contributed by atoms with van der Waals surface area (Å²) < 4.78 is 70.9. The Bertz CT molecular complexity index is 2640. The maximum atomic E-state index is 16.7. The van der Waals surface area contributed by atoms with Gasteiger partial charge in [-0.15, -0.1) is 0 Å². The fraction of sp³-hybridized carbons (Fsp3) is 0.200. The maximum Gasteiger partial charge on any atom is 0.319 e. The number of hydrogen-bond acceptors (Lipinski definition) is 6. The fourth-order valence-electron chi connectivity index (χ4n) is 6.96. The van der Waals surface area contributed by atoms with Gasteiger partial charge in [0.05, 0.1) is 23.4 Å². The molecule has 0 aliphatic heterocycles. The first-order valence-corrected chi connectivity index (χ1v) is 17.3. The lowest BCUT2D eigenvalue weighted by atomic mass is 9.75. The second-order valence-corrected chi connectivity index (χ2v) is 14.8. The molecule has 0 aliphatic carbocycles. The van der Waals surface area contributed by atoms with E-state index in [-0.39, 0.29) is 54.7 Å². The number of ether oxygens (including phenoxy) is 1. The lowest BCUT2D eigenvalue weighted by Gasteiger charge is -2.29. The smallest absolute Gasteiger partial charge is 0.319 e. The van der Waals surface area contributed by atoms with Crippen molar-refractivity contribution in [2.24, 2.45) is 5.41 Å². The van der Waals surface area contributed by atoms with Crippen molar-refractivity contribution in [3.05, 3.63) is 128 Å². The van der Waals surface area contributed by atoms with E-state index in [2.05, 4.69) is 0 Å². The van der Waals surface area contributed by atoms with E-state index < -0.39 is 87.0 Å². The minimum atomic E-state index is -1.65. The molecule has 1 unspecified atom stereocenters. The number of nitrogens with zero attached hydrogens (tertiary/aromatic N) is 2. The molecule has 2 N–H and O–H groups in total. The third-order valence-corrected chi connectivity index (χ3v) is 9.82. The Morgan fingerprint density at radius 3 is 1.78 bits per heavy atom. The molecule has 2 aromatic heterocycles. The monoisotopic (exact) mass is 796 g/mol. The molecule has 55 heavy (non-hydrogen) atoms. The zero-order valence-corrected chi connectivity index (χ0v) is 31.2. The highest BCUT2D eigenvalue weighted by molar-refractivity contribution is 6.31. The first-order chi connectivity index (χ1) is 25.7. The maximum absolute atomic E-state index is 16.7. The van der Waals surface area contributed by atoms with E-state index in [1.165, 1.54) is 83.1 Å². The summed E-state index contributed by atoms with van der Waals surface area (Å²) in [6.45, 7) is 7.25. The van der Waals surface area contributed by atoms with Crippen LogP contribution in [0.2, 0.25) is 10.0 Å². The van der Waals surface area contributed by atoms with Crippen LogP contribution in [0.1, 0.15) is 69.9 Å². The van der Waals surface area contributed by atoms with Gasteiger partial charge in [0.15, 0.2) is 29.0 Å². The summed E-state index contributed by atoms with van der Waals surface area (Å²) in [7, 11) is 0. The Balaban J connectivity index is 1.55. The fourth-order valence-corrected chi connectivity index (χ4v) is 7.34. The van der Waals surface area contributed by atoms with Crippen LogP contribution >= 0.6 is 23.2 Å². The van der Waals surface area contributed by atoms with Crippen LogP contribution in [-0.2, 0) is 16.0 Å². The van der Waals surface area contributed by atoms with E-state index in [1.807, 2.05) is 0 Å². The van der Waals surface area contributed by atoms with E-state index in [4.69, 9.17) is 27.9 Å². The van der Waals surface area contributed by atoms with Gasteiger partial charge in [0.25, 0.3) is 11.8 Å². The molecule has 9 nitrogen and oxygen atoms in total. The number of halogens is 6. The van der Waals surface area contributed by atoms with Gasteiger partial charge in [0.2, 0.25) is 5.75 Å². The van der Waals surface area contributed by atoms with Crippen molar-refractivity contribution in [3.63, 3.8) is 0 Å². The standard InChI is InChI=1S/C40H30Cl2F4N2O7/c1-17-23(14-28(49)50)30-26(47(17)37(52)19-8-6-10-21(41)12-19)16-25(44)36(34(30)46)55-39(54)32(40(3,4)5)29-18(2)48(38(53)20-9-7-11-22(42)13-20)27-15-24(43)35(51)33(45)31(27)29/h6-13,15-16,32,51H,14H2,1-5H3,(H,49,50). The SMILES string of the molecule is Cc1c(CC(=O)O)c2c(F)c(OC(=O)C(c3c(C)n(C(=O)c4cccc(Cl)c4)c4cc(F)c(O)c(F)c34)C(C)(C)C)c(F)cc2n1C(=O)c1cccc(Cl)c1. The lowest BCUT2D eigenvalue weighted by molar-refractivity contribution is -0.139. The summed E-state index contributed by atoms with van der Waals surface area (Å²) in [6, 6.07) is 12.8. The number of fused-ring (bicyclic) bond motifs is 2. The minimum absolute atomic E-state index is 0.00788. The Morgan fingerprint density at radius 2 is 1.27 bits per heavy atom. The number of rotatable bonds is 7. The highest BCUT2D eigenvalue weighted by Gasteiger charge is 2.42. The van der Waals surface area contributed by atoms with Gasteiger partial charge in [-0.2, -0.15) is 0 Å². The van der Waals surface area contributed by atoms with Crippen LogP contribution in [0.5, 0.6) is 11.5 Å². The average molecular weight is 798 g/mol. The van der Waals surface area contributed by atoms with E-state index in [0.29, 0.717) is 6.07 Å². The van der Waals surface area contributed by atoms with E-state index in [0.717, 1.165) is 15.2 Å². The van der Waals surface area contributed by atoms with Gasteiger partial charge in [-0.1, -0.05) is 56.1 Å². The van der Waals surface area contributed by atoms with E-state index >= 15 is 13.2 Å². The summed E-state index contributed by atoms with van der Waals surface area (Å²) >= 11 is 12.2. The zero-order chi connectivity index (χ0) is 40.4. The van der Waals surface area contributed by atoms with Crippen molar-refractivity contribution in [2.75, 3.05) is 0 Å². The number of phenols is 1. The molecule has 0 bridgehead atoms. The third-order valence-electron chi connectivity index (χ3n) is 9.35. The first-order valence-electron chi connectivity index (χ1n) is 16.5. The Labute approximate surface area is 320 Å². The third kappa shape index (κ3) is 6.71. The molecule has 0 radical (unpaired) electrons. The molecule has 0 saturated heterocycles. The molecule has 0 saturated carbocycles. The van der Waals surface area contributed by atoms with Crippen LogP contribution in [0.25, 0.3) is 21.8 Å². The average Bonchev–Trinajstić information content (AvgIpc) is 3.52. The van der Waals surface area contributed by atoms with Gasteiger partial charge >= 0.3 is 11.9 Å². The molecule has 6 aromatic rings. The predicted molar refractivity (Wildman–Crippen MR) is 196 cm³/mol. The van der Waals surface area contributed by atoms with Crippen molar-refractivity contribution < 1.29 is 51.7 Å². The van der Waals surface area contributed by atoms with Gasteiger partial charge in [-0.3, -0.25) is 28.3 Å². The molecule has 1 atom stereocenters. The number of esters is 1. The molecule has 0 fully saturated rings. The van der Waals surface area contributed by atoms with Crippen molar-refractivity contribution in [3.8, 4) is 11.5 Å². The Morgan fingerprint density at radius 1 is 0.764 bits per heavy atom. The van der Waals surface area contributed by atoms with Crippen molar-refractivity contribution in [1.29, 1.82) is 0 Å². The van der Waals surface area contributed by atoms with Gasteiger partial charge in [-0.25, -0.2) is 17.6 Å². The van der Waals surface area contributed by atoms with Crippen LogP contribution in [0.4, 0.5) is 17.6 Å². The summed E-state index contributed by atoms with van der Waals surface area (Å²) in [6.07, 6.45) is -0.808. The van der Waals surface area contributed by atoms with Crippen LogP contribution in [-0.4, -0.2) is 43.1 Å². The number of carboxylic acid groups (broad SMARTS) is 1. The lowest BCUT2D eigenvalue weighted by Crippen LogP contribution is -2.31. The first kappa shape index (κ1) is 39.0. The van der Waals surface area contributed by atoms with Gasteiger partial charge in [-0.05, 0) is 66.8 Å². The molecule has 0 amide bonds. The summed E-state index contributed by atoms with van der Waals surface area (Å²) in [5.74, 6) is -14.5. The summed E-state index contributed by atoms with van der Waals surface area (Å²) in [5.41, 5.74) is -2.56. The molecule has 0 aliphatic rings. The van der Waals surface area contributed by atoms with Gasteiger partial charge in [0, 0.05) is 55.5 Å². The number of phenolic OH excluding ortho intramolecular Hbond substituents is 1. The predicted octanol–water partition coefficient (Wildman–Crippen LogP) is 9.52. The Hall–Kier alpha value is -5.66. The largest absolute Gasteiger partial charge is 0.503 e. The normalized spacial score (nSPS) is 12.3. The number of carbonyl (C=O) groups is 4. The molecule has 6 rings (SSSR count). The molecular weight excluding hydrogens is 767 g/mol. The summed E-state index contributed by atoms with van der Waals surface area (Å²) in [5, 5.41) is 19.4. The number of aromatic nitrogens is 2. The topological polar surface area (TPSA) is 128 Å². The molecular formula is C40H30Cl2F4N2O7. The highest BCUT2D eigenvalue weighted by Crippen LogP contribution is 2.46. The van der Waals surface area contributed by atoms with Crippen LogP contribution in [0.15, 0.2) is 60.7 Å². The molecule has 15 heteroatoms. The molecule has 284 valence electrons.